The largest absolute Gasteiger partial charge is 0.317 e. The van der Waals surface area contributed by atoms with E-state index in [9.17, 15) is 0 Å². The van der Waals surface area contributed by atoms with Crippen LogP contribution in [0, 0.1) is 0 Å². The highest BCUT2D eigenvalue weighted by molar-refractivity contribution is 7.25. The van der Waals surface area contributed by atoms with Crippen molar-refractivity contribution in [1.29, 1.82) is 0 Å². The maximum absolute atomic E-state index is 4.04. The molecule has 228 valence electrons. The van der Waals surface area contributed by atoms with Crippen molar-refractivity contribution >= 4 is 69.8 Å². The quantitative estimate of drug-likeness (QED) is 0.198. The Bertz CT molecular complexity index is 2680. The highest BCUT2D eigenvalue weighted by Gasteiger charge is 2.31. The molecule has 4 heteroatoms. The van der Waals surface area contributed by atoms with Gasteiger partial charge in [0.15, 0.2) is 0 Å². The van der Waals surface area contributed by atoms with Crippen molar-refractivity contribution in [2.24, 2.45) is 0 Å². The molecule has 0 amide bonds. The summed E-state index contributed by atoms with van der Waals surface area (Å²) in [5.41, 5.74) is 8.56. The van der Waals surface area contributed by atoms with Crippen LogP contribution in [0.1, 0.15) is 23.5 Å². The Morgan fingerprint density at radius 3 is 2.12 bits per heavy atom. The summed E-state index contributed by atoms with van der Waals surface area (Å²) in [5.74, 6) is 0. The fourth-order valence-corrected chi connectivity index (χ4v) is 8.81. The third-order valence-corrected chi connectivity index (χ3v) is 11.1. The number of nitrogens with zero attached hydrogens (tertiary/aromatic N) is 1. The minimum atomic E-state index is -0.0858. The number of rotatable bonds is 4. The summed E-state index contributed by atoms with van der Waals surface area (Å²) in [6.45, 7) is 0. The standard InChI is InChI=1S/C44H31N3S/c1-3-11-28(12-4-1)31-19-22-35-40(26-31)47(39-23-20-29-13-7-8-16-33(29)43(35)39)44-45-37(30-14-5-2-6-15-30)27-38(46-44)32-21-24-42-36(25-32)34-17-9-10-18-41(34)48-42/h1-27,37,44-46H/p+1. The number of nitrogens with two attached hydrogens (primary N) is 1. The molecule has 2 aromatic heterocycles. The van der Waals surface area contributed by atoms with Crippen molar-refractivity contribution in [3.8, 4) is 11.1 Å². The van der Waals surface area contributed by atoms with Crippen LogP contribution >= 0.6 is 11.3 Å². The fraction of sp³-hybridized carbons (Fsp3) is 0.0455. The van der Waals surface area contributed by atoms with Crippen molar-refractivity contribution in [2.45, 2.75) is 12.3 Å². The van der Waals surface area contributed by atoms with E-state index in [0.29, 0.717) is 0 Å². The summed E-state index contributed by atoms with van der Waals surface area (Å²) in [6.07, 6.45) is 2.32. The lowest BCUT2D eigenvalue weighted by molar-refractivity contribution is -0.744. The lowest BCUT2D eigenvalue weighted by Crippen LogP contribution is -2.91. The van der Waals surface area contributed by atoms with Crippen molar-refractivity contribution in [3.63, 3.8) is 0 Å². The Morgan fingerprint density at radius 2 is 1.25 bits per heavy atom. The minimum Gasteiger partial charge on any atom is -0.317 e. The smallest absolute Gasteiger partial charge is 0.245 e. The Balaban J connectivity index is 1.20. The van der Waals surface area contributed by atoms with Crippen LogP contribution in [-0.4, -0.2) is 4.57 Å². The van der Waals surface area contributed by atoms with Gasteiger partial charge in [0.2, 0.25) is 6.29 Å². The molecular formula is C44H32N3S+. The first-order chi connectivity index (χ1) is 23.8. The minimum absolute atomic E-state index is 0.0858. The van der Waals surface area contributed by atoms with E-state index >= 15 is 0 Å². The van der Waals surface area contributed by atoms with Gasteiger partial charge in [0.05, 0.1) is 11.0 Å². The molecule has 3 heterocycles. The molecule has 7 aromatic carbocycles. The summed E-state index contributed by atoms with van der Waals surface area (Å²) in [5, 5.41) is 14.3. The zero-order valence-corrected chi connectivity index (χ0v) is 27.0. The molecule has 2 atom stereocenters. The fourth-order valence-electron chi connectivity index (χ4n) is 7.72. The number of hydrogen-bond acceptors (Lipinski definition) is 2. The number of benzene rings is 7. The number of hydrogen-bond donors (Lipinski definition) is 2. The monoisotopic (exact) mass is 634 g/mol. The van der Waals surface area contributed by atoms with E-state index in [1.54, 1.807) is 0 Å². The second kappa shape index (κ2) is 11.0. The van der Waals surface area contributed by atoms with Gasteiger partial charge >= 0.3 is 0 Å². The zero-order valence-electron chi connectivity index (χ0n) is 26.2. The van der Waals surface area contributed by atoms with E-state index in [1.807, 2.05) is 11.3 Å². The first-order valence-corrected chi connectivity index (χ1v) is 17.4. The lowest BCUT2D eigenvalue weighted by Gasteiger charge is -2.31. The number of thiophene rings is 1. The van der Waals surface area contributed by atoms with Gasteiger partial charge in [-0.1, -0.05) is 127 Å². The lowest BCUT2D eigenvalue weighted by atomic mass is 10.00. The maximum atomic E-state index is 4.04. The summed E-state index contributed by atoms with van der Waals surface area (Å²) >= 11 is 1.87. The van der Waals surface area contributed by atoms with Gasteiger partial charge in [-0.3, -0.25) is 9.88 Å². The van der Waals surface area contributed by atoms with Crippen LogP contribution in [0.15, 0.2) is 164 Å². The van der Waals surface area contributed by atoms with E-state index in [1.165, 1.54) is 75.0 Å². The molecule has 0 saturated heterocycles. The van der Waals surface area contributed by atoms with Crippen molar-refractivity contribution in [3.05, 3.63) is 175 Å². The molecule has 9 aromatic rings. The summed E-state index contributed by atoms with van der Waals surface area (Å²) in [7, 11) is 0. The average molecular weight is 635 g/mol. The van der Waals surface area contributed by atoms with Crippen LogP contribution in [0.4, 0.5) is 0 Å². The summed E-state index contributed by atoms with van der Waals surface area (Å²) < 4.78 is 5.18. The molecule has 2 unspecified atom stereocenters. The highest BCUT2D eigenvalue weighted by atomic mass is 32.1. The summed E-state index contributed by atoms with van der Waals surface area (Å²) in [4.78, 5) is 0. The van der Waals surface area contributed by atoms with Crippen LogP contribution < -0.4 is 10.6 Å². The molecule has 0 bridgehead atoms. The highest BCUT2D eigenvalue weighted by Crippen LogP contribution is 2.40. The second-order valence-electron chi connectivity index (χ2n) is 12.8. The van der Waals surface area contributed by atoms with Crippen molar-refractivity contribution in [2.75, 3.05) is 0 Å². The molecular weight excluding hydrogens is 603 g/mol. The Kier molecular flexibility index (Phi) is 6.26. The molecule has 0 spiro atoms. The molecule has 1 aliphatic rings. The SMILES string of the molecule is C1=C(c2ccc3sc4ccccc4c3c2)NC(n2c3cc(-c4ccccc4)ccc3c3c4ccccc4ccc32)[NH2+]C1c1ccccc1. The van der Waals surface area contributed by atoms with Gasteiger partial charge < -0.3 is 5.32 Å². The van der Waals surface area contributed by atoms with Crippen LogP contribution in [0.2, 0.25) is 0 Å². The molecule has 3 N–H and O–H groups in total. The van der Waals surface area contributed by atoms with Gasteiger partial charge in [-0.25, -0.2) is 0 Å². The van der Waals surface area contributed by atoms with Gasteiger partial charge in [-0.2, -0.15) is 0 Å². The molecule has 1 aliphatic heterocycles. The maximum Gasteiger partial charge on any atom is 0.245 e. The van der Waals surface area contributed by atoms with Crippen LogP contribution in [0.5, 0.6) is 0 Å². The third kappa shape index (κ3) is 4.38. The van der Waals surface area contributed by atoms with E-state index < -0.39 is 0 Å². The predicted molar refractivity (Wildman–Crippen MR) is 203 cm³/mol. The van der Waals surface area contributed by atoms with Gasteiger partial charge in [-0.15, -0.1) is 11.3 Å². The number of fused-ring (bicyclic) bond motifs is 8. The van der Waals surface area contributed by atoms with Gasteiger partial charge in [0, 0.05) is 48.3 Å². The van der Waals surface area contributed by atoms with Gasteiger partial charge in [0.1, 0.15) is 6.04 Å². The average Bonchev–Trinajstić information content (AvgIpc) is 3.70. The van der Waals surface area contributed by atoms with E-state index in [4.69, 9.17) is 0 Å². The first kappa shape index (κ1) is 27.4. The number of nitrogens with one attached hydrogen (secondary N) is 1. The molecule has 0 aliphatic carbocycles. The topological polar surface area (TPSA) is 33.6 Å². The van der Waals surface area contributed by atoms with E-state index in [-0.39, 0.29) is 12.3 Å². The second-order valence-corrected chi connectivity index (χ2v) is 13.8. The Morgan fingerprint density at radius 1 is 0.521 bits per heavy atom. The Hall–Kier alpha value is -5.68. The number of aromatic nitrogens is 1. The van der Waals surface area contributed by atoms with Crippen LogP contribution in [-0.2, 0) is 0 Å². The van der Waals surface area contributed by atoms with Gasteiger partial charge in [-0.05, 0) is 57.8 Å². The summed E-state index contributed by atoms with van der Waals surface area (Å²) in [6, 6.07) is 57.8. The van der Waals surface area contributed by atoms with Crippen molar-refractivity contribution < 1.29 is 5.32 Å². The normalized spacial score (nSPS) is 16.5. The predicted octanol–water partition coefficient (Wildman–Crippen LogP) is 10.4. The van der Waals surface area contributed by atoms with Gasteiger partial charge in [0.25, 0.3) is 0 Å². The molecule has 0 radical (unpaired) electrons. The molecule has 3 nitrogen and oxygen atoms in total. The first-order valence-electron chi connectivity index (χ1n) is 16.6. The van der Waals surface area contributed by atoms with Crippen LogP contribution in [0.3, 0.4) is 0 Å². The molecule has 10 rings (SSSR count). The molecule has 48 heavy (non-hydrogen) atoms. The van der Waals surface area contributed by atoms with E-state index in [2.05, 4.69) is 179 Å². The number of quaternary nitrogens is 1. The van der Waals surface area contributed by atoms with Crippen molar-refractivity contribution in [1.82, 2.24) is 9.88 Å². The van der Waals surface area contributed by atoms with Crippen LogP contribution in [0.25, 0.3) is 69.6 Å². The van der Waals surface area contributed by atoms with E-state index in [0.717, 1.165) is 5.70 Å². The molecule has 0 fully saturated rings. The third-order valence-electron chi connectivity index (χ3n) is 9.99. The molecule has 0 saturated carbocycles. The Labute approximate surface area is 282 Å². The zero-order chi connectivity index (χ0) is 31.6.